The Morgan fingerprint density at radius 2 is 1.72 bits per heavy atom. The molecule has 2 aromatic rings. The number of nitrogen functional groups attached to an aromatic ring is 1. The van der Waals surface area contributed by atoms with Crippen molar-refractivity contribution in [2.45, 2.75) is 13.8 Å². The zero-order chi connectivity index (χ0) is 13.3. The Balaban J connectivity index is 2.34. The zero-order valence-electron chi connectivity index (χ0n) is 9.74. The van der Waals surface area contributed by atoms with E-state index in [0.29, 0.717) is 21.5 Å². The first kappa shape index (κ1) is 12.9. The zero-order valence-corrected chi connectivity index (χ0v) is 11.2. The van der Waals surface area contributed by atoms with Crippen molar-refractivity contribution in [1.82, 2.24) is 15.2 Å². The van der Waals surface area contributed by atoms with Crippen molar-refractivity contribution in [2.75, 3.05) is 5.73 Å². The second-order valence-corrected chi connectivity index (χ2v) is 4.49. The summed E-state index contributed by atoms with van der Waals surface area (Å²) in [5, 5.41) is 8.43. The van der Waals surface area contributed by atoms with Gasteiger partial charge in [-0.05, 0) is 19.9 Å². The highest BCUT2D eigenvalue weighted by atomic mass is 35.5. The minimum absolute atomic E-state index is 0.114. The number of hydrogen-bond acceptors (Lipinski definition) is 5. The third-order valence-electron chi connectivity index (χ3n) is 2.33. The lowest BCUT2D eigenvalue weighted by molar-refractivity contribution is 0.432. The molecule has 2 rings (SSSR count). The summed E-state index contributed by atoms with van der Waals surface area (Å²) in [6.45, 7) is 3.63. The Bertz CT molecular complexity index is 604. The summed E-state index contributed by atoms with van der Waals surface area (Å²) in [6.07, 6.45) is 0. The van der Waals surface area contributed by atoms with Crippen LogP contribution < -0.4 is 10.5 Å². The molecule has 0 saturated heterocycles. The maximum atomic E-state index is 5.88. The van der Waals surface area contributed by atoms with Crippen LogP contribution in [0.15, 0.2) is 12.1 Å². The molecular formula is C11H10Cl2N4O. The SMILES string of the molecule is Cc1nnc(Oc2cc(Cl)c(Cl)cc2N)nc1C. The van der Waals surface area contributed by atoms with E-state index < -0.39 is 0 Å². The molecule has 1 aromatic heterocycles. The largest absolute Gasteiger partial charge is 0.421 e. The van der Waals surface area contributed by atoms with Crippen molar-refractivity contribution in [3.8, 4) is 11.8 Å². The Hall–Kier alpha value is -1.59. The highest BCUT2D eigenvalue weighted by molar-refractivity contribution is 6.42. The highest BCUT2D eigenvalue weighted by Gasteiger charge is 2.10. The molecule has 7 heteroatoms. The number of aromatic nitrogens is 3. The van der Waals surface area contributed by atoms with Gasteiger partial charge in [-0.25, -0.2) is 0 Å². The van der Waals surface area contributed by atoms with Crippen LogP contribution in [-0.4, -0.2) is 15.2 Å². The Labute approximate surface area is 114 Å². The van der Waals surface area contributed by atoms with E-state index in [0.717, 1.165) is 11.4 Å². The number of nitrogens with two attached hydrogens (primary N) is 1. The Kier molecular flexibility index (Phi) is 3.54. The van der Waals surface area contributed by atoms with Gasteiger partial charge in [-0.15, -0.1) is 5.10 Å². The van der Waals surface area contributed by atoms with E-state index in [-0.39, 0.29) is 6.01 Å². The third-order valence-corrected chi connectivity index (χ3v) is 3.05. The van der Waals surface area contributed by atoms with Crippen LogP contribution in [0.2, 0.25) is 10.0 Å². The van der Waals surface area contributed by atoms with Gasteiger partial charge in [-0.2, -0.15) is 4.98 Å². The molecule has 0 spiro atoms. The van der Waals surface area contributed by atoms with Gasteiger partial charge >= 0.3 is 6.01 Å². The van der Waals surface area contributed by atoms with E-state index in [1.54, 1.807) is 0 Å². The van der Waals surface area contributed by atoms with Crippen LogP contribution in [0.1, 0.15) is 11.4 Å². The molecule has 2 N–H and O–H groups in total. The van der Waals surface area contributed by atoms with Crippen LogP contribution in [0, 0.1) is 13.8 Å². The van der Waals surface area contributed by atoms with Crippen molar-refractivity contribution in [3.05, 3.63) is 33.6 Å². The predicted octanol–water partition coefficient (Wildman–Crippen LogP) is 3.17. The van der Waals surface area contributed by atoms with Crippen molar-refractivity contribution < 1.29 is 4.74 Å². The summed E-state index contributed by atoms with van der Waals surface area (Å²) >= 11 is 11.7. The van der Waals surface area contributed by atoms with E-state index in [2.05, 4.69) is 15.2 Å². The van der Waals surface area contributed by atoms with Crippen LogP contribution in [0.3, 0.4) is 0 Å². The second-order valence-electron chi connectivity index (χ2n) is 3.67. The fraction of sp³-hybridized carbons (Fsp3) is 0.182. The van der Waals surface area contributed by atoms with Gasteiger partial charge in [0.1, 0.15) is 0 Å². The molecule has 0 atom stereocenters. The third kappa shape index (κ3) is 2.63. The summed E-state index contributed by atoms with van der Waals surface area (Å²) in [6, 6.07) is 3.13. The lowest BCUT2D eigenvalue weighted by Gasteiger charge is -2.08. The number of hydrogen-bond donors (Lipinski definition) is 1. The van der Waals surface area contributed by atoms with Gasteiger partial charge in [0, 0.05) is 6.07 Å². The molecule has 0 radical (unpaired) electrons. The van der Waals surface area contributed by atoms with Gasteiger partial charge < -0.3 is 10.5 Å². The number of ether oxygens (including phenoxy) is 1. The maximum Gasteiger partial charge on any atom is 0.341 e. The van der Waals surface area contributed by atoms with E-state index in [4.69, 9.17) is 33.7 Å². The number of anilines is 1. The highest BCUT2D eigenvalue weighted by Crippen LogP contribution is 2.34. The Morgan fingerprint density at radius 3 is 2.39 bits per heavy atom. The number of rotatable bonds is 2. The topological polar surface area (TPSA) is 73.9 Å². The molecule has 0 fully saturated rings. The normalized spacial score (nSPS) is 10.4. The lowest BCUT2D eigenvalue weighted by atomic mass is 10.3. The minimum Gasteiger partial charge on any atom is -0.421 e. The summed E-state index contributed by atoms with van der Waals surface area (Å²) in [5.41, 5.74) is 7.59. The smallest absolute Gasteiger partial charge is 0.341 e. The van der Waals surface area contributed by atoms with E-state index in [1.165, 1.54) is 12.1 Å². The second kappa shape index (κ2) is 4.96. The van der Waals surface area contributed by atoms with Crippen LogP contribution in [0.25, 0.3) is 0 Å². The van der Waals surface area contributed by atoms with Gasteiger partial charge in [0.05, 0.1) is 27.1 Å². The average molecular weight is 285 g/mol. The molecule has 0 aliphatic rings. The molecule has 94 valence electrons. The summed E-state index contributed by atoms with van der Waals surface area (Å²) in [7, 11) is 0. The van der Waals surface area contributed by atoms with Gasteiger partial charge in [0.15, 0.2) is 5.75 Å². The molecule has 0 unspecified atom stereocenters. The van der Waals surface area contributed by atoms with Gasteiger partial charge in [0.25, 0.3) is 0 Å². The van der Waals surface area contributed by atoms with E-state index >= 15 is 0 Å². The molecule has 5 nitrogen and oxygen atoms in total. The number of nitrogens with zero attached hydrogens (tertiary/aromatic N) is 3. The maximum absolute atomic E-state index is 5.88. The molecule has 0 bridgehead atoms. The first-order valence-corrected chi connectivity index (χ1v) is 5.83. The molecule has 0 aliphatic heterocycles. The summed E-state index contributed by atoms with van der Waals surface area (Å²) < 4.78 is 5.43. The van der Waals surface area contributed by atoms with Gasteiger partial charge in [-0.3, -0.25) is 0 Å². The fourth-order valence-electron chi connectivity index (χ4n) is 1.21. The van der Waals surface area contributed by atoms with Crippen molar-refractivity contribution in [3.63, 3.8) is 0 Å². The van der Waals surface area contributed by atoms with Crippen molar-refractivity contribution in [2.24, 2.45) is 0 Å². The molecule has 0 amide bonds. The van der Waals surface area contributed by atoms with Crippen LogP contribution in [0.4, 0.5) is 5.69 Å². The number of halogens is 2. The van der Waals surface area contributed by atoms with Crippen LogP contribution >= 0.6 is 23.2 Å². The lowest BCUT2D eigenvalue weighted by Crippen LogP contribution is -2.01. The fourth-order valence-corrected chi connectivity index (χ4v) is 1.54. The van der Waals surface area contributed by atoms with E-state index in [9.17, 15) is 0 Å². The molecular weight excluding hydrogens is 275 g/mol. The standard InChI is InChI=1S/C11H10Cl2N4O/c1-5-6(2)16-17-11(15-5)18-10-4-8(13)7(12)3-9(10)14/h3-4H,14H2,1-2H3. The number of aryl methyl sites for hydroxylation is 2. The van der Waals surface area contributed by atoms with Gasteiger partial charge in [-0.1, -0.05) is 28.3 Å². The quantitative estimate of drug-likeness (QED) is 0.858. The van der Waals surface area contributed by atoms with E-state index in [1.807, 2.05) is 13.8 Å². The Morgan fingerprint density at radius 1 is 1.06 bits per heavy atom. The minimum atomic E-state index is 0.114. The average Bonchev–Trinajstić information content (AvgIpc) is 2.31. The summed E-state index contributed by atoms with van der Waals surface area (Å²) in [5.74, 6) is 0.342. The molecule has 1 aromatic carbocycles. The first-order chi connectivity index (χ1) is 8.47. The number of benzene rings is 1. The predicted molar refractivity (Wildman–Crippen MR) is 70.2 cm³/mol. The molecule has 1 heterocycles. The van der Waals surface area contributed by atoms with Crippen LogP contribution in [0.5, 0.6) is 11.8 Å². The first-order valence-electron chi connectivity index (χ1n) is 5.07. The van der Waals surface area contributed by atoms with Crippen molar-refractivity contribution in [1.29, 1.82) is 0 Å². The van der Waals surface area contributed by atoms with Crippen molar-refractivity contribution >= 4 is 28.9 Å². The molecule has 0 aliphatic carbocycles. The summed E-state index contributed by atoms with van der Waals surface area (Å²) in [4.78, 5) is 4.13. The van der Waals surface area contributed by atoms with Gasteiger partial charge in [0.2, 0.25) is 0 Å². The monoisotopic (exact) mass is 284 g/mol. The molecule has 18 heavy (non-hydrogen) atoms. The molecule has 0 saturated carbocycles. The van der Waals surface area contributed by atoms with Crippen LogP contribution in [-0.2, 0) is 0 Å².